The Kier molecular flexibility index (Phi) is 4.00. The Morgan fingerprint density at radius 1 is 1.71 bits per heavy atom. The molecule has 0 saturated carbocycles. The number of ether oxygens (including phenoxy) is 1. The van der Waals surface area contributed by atoms with Gasteiger partial charge in [0.05, 0.1) is 19.3 Å². The molecule has 1 fully saturated rings. The van der Waals surface area contributed by atoms with Crippen LogP contribution in [0.1, 0.15) is 6.42 Å². The molecular formula is C9H13F2NO2. The Morgan fingerprint density at radius 2 is 2.43 bits per heavy atom. The Morgan fingerprint density at radius 3 is 3.00 bits per heavy atom. The van der Waals surface area contributed by atoms with Crippen LogP contribution in [0.3, 0.4) is 0 Å². The van der Waals surface area contributed by atoms with Crippen molar-refractivity contribution in [2.45, 2.75) is 18.9 Å². The molecule has 0 aromatic heterocycles. The third kappa shape index (κ3) is 2.77. The van der Waals surface area contributed by atoms with Gasteiger partial charge in [-0.05, 0) is 6.08 Å². The number of alkyl halides is 2. The molecule has 1 aliphatic rings. The van der Waals surface area contributed by atoms with Gasteiger partial charge in [0.1, 0.15) is 0 Å². The number of carbonyl (C=O) groups is 1. The highest BCUT2D eigenvalue weighted by Gasteiger charge is 2.28. The molecule has 1 amide bonds. The van der Waals surface area contributed by atoms with E-state index < -0.39 is 12.5 Å². The smallest absolute Gasteiger partial charge is 0.246 e. The molecule has 0 bridgehead atoms. The summed E-state index contributed by atoms with van der Waals surface area (Å²) in [4.78, 5) is 12.7. The van der Waals surface area contributed by atoms with Gasteiger partial charge in [0.2, 0.25) is 12.3 Å². The van der Waals surface area contributed by atoms with Crippen LogP contribution >= 0.6 is 0 Å². The van der Waals surface area contributed by atoms with Crippen molar-refractivity contribution >= 4 is 5.91 Å². The van der Waals surface area contributed by atoms with Crippen molar-refractivity contribution in [3.8, 4) is 0 Å². The highest BCUT2D eigenvalue weighted by Crippen LogP contribution is 2.15. The van der Waals surface area contributed by atoms with Crippen LogP contribution in [0.2, 0.25) is 0 Å². The van der Waals surface area contributed by atoms with E-state index in [-0.39, 0.29) is 18.9 Å². The fourth-order valence-corrected chi connectivity index (χ4v) is 1.46. The fraction of sp³-hybridized carbons (Fsp3) is 0.667. The van der Waals surface area contributed by atoms with Crippen molar-refractivity contribution in [2.75, 3.05) is 19.8 Å². The normalized spacial score (nSPS) is 22.5. The predicted molar refractivity (Wildman–Crippen MR) is 47.1 cm³/mol. The van der Waals surface area contributed by atoms with Gasteiger partial charge in [-0.2, -0.15) is 0 Å². The lowest BCUT2D eigenvalue weighted by Crippen LogP contribution is -2.48. The molecule has 14 heavy (non-hydrogen) atoms. The van der Waals surface area contributed by atoms with Crippen LogP contribution < -0.4 is 0 Å². The number of halogens is 2. The first kappa shape index (κ1) is 11.1. The average Bonchev–Trinajstić information content (AvgIpc) is 2.16. The standard InChI is InChI=1S/C9H13F2NO2/c1-2-9(13)12-3-4-14-6-7(12)5-8(10)11/h2,7-8H,1,3-6H2. The molecule has 0 radical (unpaired) electrons. The maximum atomic E-state index is 12.1. The molecule has 0 aliphatic carbocycles. The second kappa shape index (κ2) is 5.05. The lowest BCUT2D eigenvalue weighted by molar-refractivity contribution is -0.136. The summed E-state index contributed by atoms with van der Waals surface area (Å²) in [5, 5.41) is 0. The second-order valence-corrected chi connectivity index (χ2v) is 3.09. The SMILES string of the molecule is C=CC(=O)N1CCOCC1CC(F)F. The van der Waals surface area contributed by atoms with Crippen LogP contribution in [0.15, 0.2) is 12.7 Å². The summed E-state index contributed by atoms with van der Waals surface area (Å²) in [6.07, 6.45) is -1.61. The minimum absolute atomic E-state index is 0.184. The summed E-state index contributed by atoms with van der Waals surface area (Å²) >= 11 is 0. The van der Waals surface area contributed by atoms with Crippen molar-refractivity contribution in [1.82, 2.24) is 4.90 Å². The molecule has 1 heterocycles. The summed E-state index contributed by atoms with van der Waals surface area (Å²) in [5.74, 6) is -0.307. The van der Waals surface area contributed by atoms with Crippen molar-refractivity contribution < 1.29 is 18.3 Å². The zero-order valence-electron chi connectivity index (χ0n) is 7.79. The van der Waals surface area contributed by atoms with Gasteiger partial charge in [-0.25, -0.2) is 8.78 Å². The first-order valence-corrected chi connectivity index (χ1v) is 4.44. The highest BCUT2D eigenvalue weighted by molar-refractivity contribution is 5.87. The molecule has 80 valence electrons. The molecule has 0 aromatic carbocycles. The zero-order chi connectivity index (χ0) is 10.6. The molecule has 1 aliphatic heterocycles. The summed E-state index contributed by atoms with van der Waals surface area (Å²) < 4.78 is 29.3. The van der Waals surface area contributed by atoms with Gasteiger partial charge in [0.15, 0.2) is 0 Å². The van der Waals surface area contributed by atoms with E-state index in [2.05, 4.69) is 6.58 Å². The summed E-state index contributed by atoms with van der Waals surface area (Å²) in [6, 6.07) is -0.519. The van der Waals surface area contributed by atoms with Crippen LogP contribution in [0.25, 0.3) is 0 Å². The lowest BCUT2D eigenvalue weighted by atomic mass is 10.1. The Balaban J connectivity index is 2.58. The number of hydrogen-bond donors (Lipinski definition) is 0. The monoisotopic (exact) mass is 205 g/mol. The van der Waals surface area contributed by atoms with Crippen LogP contribution in [0.5, 0.6) is 0 Å². The Labute approximate surface area is 81.3 Å². The number of carbonyl (C=O) groups excluding carboxylic acids is 1. The van der Waals surface area contributed by atoms with E-state index in [9.17, 15) is 13.6 Å². The van der Waals surface area contributed by atoms with E-state index >= 15 is 0 Å². The topological polar surface area (TPSA) is 29.5 Å². The van der Waals surface area contributed by atoms with Gasteiger partial charge < -0.3 is 9.64 Å². The first-order chi connectivity index (χ1) is 6.65. The van der Waals surface area contributed by atoms with E-state index in [1.165, 1.54) is 4.90 Å². The molecule has 5 heteroatoms. The predicted octanol–water partition coefficient (Wildman–Crippen LogP) is 1.05. The number of amides is 1. The minimum atomic E-state index is -2.41. The largest absolute Gasteiger partial charge is 0.377 e. The van der Waals surface area contributed by atoms with Gasteiger partial charge in [0, 0.05) is 13.0 Å². The molecular weight excluding hydrogens is 192 g/mol. The van der Waals surface area contributed by atoms with Gasteiger partial charge in [-0.3, -0.25) is 4.79 Å². The summed E-state index contributed by atoms with van der Waals surface area (Å²) in [7, 11) is 0. The average molecular weight is 205 g/mol. The van der Waals surface area contributed by atoms with Gasteiger partial charge in [-0.1, -0.05) is 6.58 Å². The number of nitrogens with zero attached hydrogens (tertiary/aromatic N) is 1. The lowest BCUT2D eigenvalue weighted by Gasteiger charge is -2.34. The van der Waals surface area contributed by atoms with Crippen molar-refractivity contribution in [3.05, 3.63) is 12.7 Å². The molecule has 3 nitrogen and oxygen atoms in total. The second-order valence-electron chi connectivity index (χ2n) is 3.09. The van der Waals surface area contributed by atoms with E-state index in [0.717, 1.165) is 6.08 Å². The molecule has 0 spiro atoms. The first-order valence-electron chi connectivity index (χ1n) is 4.44. The minimum Gasteiger partial charge on any atom is -0.377 e. The van der Waals surface area contributed by atoms with Gasteiger partial charge in [0.25, 0.3) is 0 Å². The van der Waals surface area contributed by atoms with E-state index in [1.54, 1.807) is 0 Å². The van der Waals surface area contributed by atoms with Crippen molar-refractivity contribution in [1.29, 1.82) is 0 Å². The molecule has 1 unspecified atom stereocenters. The molecule has 0 aromatic rings. The maximum Gasteiger partial charge on any atom is 0.246 e. The van der Waals surface area contributed by atoms with E-state index in [1.807, 2.05) is 0 Å². The van der Waals surface area contributed by atoms with E-state index in [0.29, 0.717) is 13.2 Å². The molecule has 0 N–H and O–H groups in total. The van der Waals surface area contributed by atoms with Crippen LogP contribution in [-0.4, -0.2) is 43.0 Å². The van der Waals surface area contributed by atoms with Crippen LogP contribution in [0, 0.1) is 0 Å². The van der Waals surface area contributed by atoms with Crippen molar-refractivity contribution in [3.63, 3.8) is 0 Å². The molecule has 1 saturated heterocycles. The maximum absolute atomic E-state index is 12.1. The highest BCUT2D eigenvalue weighted by atomic mass is 19.3. The quantitative estimate of drug-likeness (QED) is 0.645. The zero-order valence-corrected chi connectivity index (χ0v) is 7.79. The van der Waals surface area contributed by atoms with Crippen LogP contribution in [0.4, 0.5) is 8.78 Å². The van der Waals surface area contributed by atoms with Gasteiger partial charge >= 0.3 is 0 Å². The van der Waals surface area contributed by atoms with E-state index in [4.69, 9.17) is 4.74 Å². The molecule has 1 rings (SSSR count). The Bertz CT molecular complexity index is 221. The van der Waals surface area contributed by atoms with Crippen molar-refractivity contribution in [2.24, 2.45) is 0 Å². The molecule has 1 atom stereocenters. The summed E-state index contributed by atoms with van der Waals surface area (Å²) in [5.41, 5.74) is 0. The summed E-state index contributed by atoms with van der Waals surface area (Å²) in [6.45, 7) is 4.28. The number of morpholine rings is 1. The Hall–Kier alpha value is -0.970. The fourth-order valence-electron chi connectivity index (χ4n) is 1.46. The third-order valence-electron chi connectivity index (χ3n) is 2.14. The van der Waals surface area contributed by atoms with Gasteiger partial charge in [-0.15, -0.1) is 0 Å². The van der Waals surface area contributed by atoms with Crippen LogP contribution in [-0.2, 0) is 9.53 Å². The number of hydrogen-bond acceptors (Lipinski definition) is 2. The third-order valence-corrected chi connectivity index (χ3v) is 2.14. The number of rotatable bonds is 3.